The summed E-state index contributed by atoms with van der Waals surface area (Å²) < 4.78 is 0.971. The van der Waals surface area contributed by atoms with Crippen molar-refractivity contribution in [3.05, 3.63) is 63.9 Å². The predicted molar refractivity (Wildman–Crippen MR) is 104 cm³/mol. The Morgan fingerprint density at radius 1 is 1.08 bits per heavy atom. The zero-order chi connectivity index (χ0) is 17.8. The Bertz CT molecular complexity index is 939. The summed E-state index contributed by atoms with van der Waals surface area (Å²) >= 11 is 4.80. The average molecular weight is 416 g/mol. The second-order valence-electron chi connectivity index (χ2n) is 5.26. The molecule has 0 saturated carbocycles. The molecule has 7 heteroatoms. The summed E-state index contributed by atoms with van der Waals surface area (Å²) in [5.41, 5.74) is 2.80. The van der Waals surface area contributed by atoms with E-state index in [1.165, 1.54) is 18.3 Å². The van der Waals surface area contributed by atoms with Crippen molar-refractivity contribution < 1.29 is 9.59 Å². The van der Waals surface area contributed by atoms with Gasteiger partial charge in [-0.2, -0.15) is 0 Å². The van der Waals surface area contributed by atoms with Crippen LogP contribution in [0.2, 0.25) is 0 Å². The van der Waals surface area contributed by atoms with Gasteiger partial charge in [0.25, 0.3) is 5.91 Å². The van der Waals surface area contributed by atoms with Crippen LogP contribution >= 0.6 is 27.3 Å². The zero-order valence-electron chi connectivity index (χ0n) is 13.2. The lowest BCUT2D eigenvalue weighted by atomic mass is 10.2. The topological polar surface area (TPSA) is 71.1 Å². The van der Waals surface area contributed by atoms with Crippen molar-refractivity contribution in [3.63, 3.8) is 0 Å². The van der Waals surface area contributed by atoms with Gasteiger partial charge in [0, 0.05) is 33.6 Å². The van der Waals surface area contributed by atoms with E-state index in [1.54, 1.807) is 24.3 Å². The van der Waals surface area contributed by atoms with Crippen LogP contribution in [0.15, 0.2) is 58.4 Å². The predicted octanol–water partition coefficient (Wildman–Crippen LogP) is 4.78. The molecule has 2 amide bonds. The van der Waals surface area contributed by atoms with Crippen molar-refractivity contribution in [2.24, 2.45) is 0 Å². The molecule has 25 heavy (non-hydrogen) atoms. The van der Waals surface area contributed by atoms with E-state index >= 15 is 0 Å². The van der Waals surface area contributed by atoms with Crippen LogP contribution in [0, 0.1) is 0 Å². The van der Waals surface area contributed by atoms with Crippen LogP contribution in [-0.4, -0.2) is 16.8 Å². The lowest BCUT2D eigenvalue weighted by molar-refractivity contribution is -0.114. The fourth-order valence-electron chi connectivity index (χ4n) is 2.22. The first-order valence-electron chi connectivity index (χ1n) is 7.42. The van der Waals surface area contributed by atoms with E-state index < -0.39 is 0 Å². The Morgan fingerprint density at radius 3 is 2.64 bits per heavy atom. The molecule has 126 valence electrons. The Morgan fingerprint density at radius 2 is 1.88 bits per heavy atom. The van der Waals surface area contributed by atoms with Gasteiger partial charge >= 0.3 is 0 Å². The fourth-order valence-corrected chi connectivity index (χ4v) is 3.34. The van der Waals surface area contributed by atoms with Gasteiger partial charge < -0.3 is 5.32 Å². The summed E-state index contributed by atoms with van der Waals surface area (Å²) in [5, 5.41) is 7.86. The minimum Gasteiger partial charge on any atom is -0.326 e. The summed E-state index contributed by atoms with van der Waals surface area (Å²) in [4.78, 5) is 28.0. The van der Waals surface area contributed by atoms with E-state index in [4.69, 9.17) is 0 Å². The number of carbonyl (C=O) groups excluding carboxylic acids is 2. The molecule has 0 bridgehead atoms. The molecule has 0 aliphatic carbocycles. The Hall–Kier alpha value is -2.51. The normalized spacial score (nSPS) is 10.3. The Labute approximate surface area is 157 Å². The van der Waals surface area contributed by atoms with Crippen LogP contribution in [0.1, 0.15) is 17.3 Å². The van der Waals surface area contributed by atoms with E-state index in [-0.39, 0.29) is 11.8 Å². The monoisotopic (exact) mass is 415 g/mol. The number of hydrogen-bond acceptors (Lipinski definition) is 4. The molecule has 0 radical (unpaired) electrons. The van der Waals surface area contributed by atoms with Gasteiger partial charge in [0.05, 0.1) is 5.69 Å². The molecule has 1 aromatic heterocycles. The number of carbonyl (C=O) groups is 2. The van der Waals surface area contributed by atoms with E-state index in [2.05, 4.69) is 31.5 Å². The van der Waals surface area contributed by atoms with Gasteiger partial charge in [-0.1, -0.05) is 34.1 Å². The molecule has 0 aliphatic heterocycles. The lowest BCUT2D eigenvalue weighted by Gasteiger charge is -2.05. The van der Waals surface area contributed by atoms with Crippen molar-refractivity contribution in [2.45, 2.75) is 6.92 Å². The van der Waals surface area contributed by atoms with Crippen molar-refractivity contribution in [1.29, 1.82) is 0 Å². The molecule has 2 aromatic carbocycles. The summed E-state index contributed by atoms with van der Waals surface area (Å²) in [6, 6.07) is 14.6. The molecule has 1 heterocycles. The quantitative estimate of drug-likeness (QED) is 0.643. The van der Waals surface area contributed by atoms with E-state index in [0.717, 1.165) is 15.7 Å². The summed E-state index contributed by atoms with van der Waals surface area (Å²) in [6.45, 7) is 1.42. The maximum absolute atomic E-state index is 12.4. The van der Waals surface area contributed by atoms with Gasteiger partial charge in [-0.15, -0.1) is 11.3 Å². The molecular formula is C18H14BrN3O2S. The SMILES string of the molecule is CC(=O)Nc1cccc(C(=O)Nc2nc(-c3cccc(Br)c3)cs2)c1. The number of thiazole rings is 1. The fraction of sp³-hybridized carbons (Fsp3) is 0.0556. The summed E-state index contributed by atoms with van der Waals surface area (Å²) in [6.07, 6.45) is 0. The van der Waals surface area contributed by atoms with Crippen molar-refractivity contribution >= 4 is 49.9 Å². The van der Waals surface area contributed by atoms with Gasteiger partial charge in [0.1, 0.15) is 0 Å². The third-order valence-electron chi connectivity index (χ3n) is 3.29. The first-order chi connectivity index (χ1) is 12.0. The number of nitrogens with zero attached hydrogens (tertiary/aromatic N) is 1. The molecule has 0 atom stereocenters. The number of hydrogen-bond donors (Lipinski definition) is 2. The molecule has 3 rings (SSSR count). The first kappa shape index (κ1) is 17.3. The standard InChI is InChI=1S/C18H14BrN3O2S/c1-11(23)20-15-7-3-5-13(9-15)17(24)22-18-21-16(10-25-18)12-4-2-6-14(19)8-12/h2-10H,1H3,(H,20,23)(H,21,22,24). The second-order valence-corrected chi connectivity index (χ2v) is 7.04. The van der Waals surface area contributed by atoms with Crippen molar-refractivity contribution in [3.8, 4) is 11.3 Å². The van der Waals surface area contributed by atoms with Crippen molar-refractivity contribution in [2.75, 3.05) is 10.6 Å². The molecule has 0 saturated heterocycles. The third-order valence-corrected chi connectivity index (χ3v) is 4.54. The highest BCUT2D eigenvalue weighted by molar-refractivity contribution is 9.10. The highest BCUT2D eigenvalue weighted by Gasteiger charge is 2.11. The molecule has 0 unspecified atom stereocenters. The largest absolute Gasteiger partial charge is 0.326 e. The first-order valence-corrected chi connectivity index (χ1v) is 9.09. The Balaban J connectivity index is 1.75. The van der Waals surface area contributed by atoms with E-state index in [1.807, 2.05) is 29.6 Å². The smallest absolute Gasteiger partial charge is 0.257 e. The molecule has 0 spiro atoms. The molecule has 5 nitrogen and oxygen atoms in total. The van der Waals surface area contributed by atoms with E-state index in [0.29, 0.717) is 16.4 Å². The van der Waals surface area contributed by atoms with Crippen molar-refractivity contribution in [1.82, 2.24) is 4.98 Å². The summed E-state index contributed by atoms with van der Waals surface area (Å²) in [7, 11) is 0. The molecule has 0 aliphatic rings. The number of rotatable bonds is 4. The summed E-state index contributed by atoms with van der Waals surface area (Å²) in [5.74, 6) is -0.460. The van der Waals surface area contributed by atoms with Crippen LogP contribution in [0.4, 0.5) is 10.8 Å². The number of amides is 2. The van der Waals surface area contributed by atoms with Gasteiger partial charge in [-0.05, 0) is 30.3 Å². The van der Waals surface area contributed by atoms with Crippen LogP contribution in [-0.2, 0) is 4.79 Å². The zero-order valence-corrected chi connectivity index (χ0v) is 15.6. The van der Waals surface area contributed by atoms with Gasteiger partial charge in [0.15, 0.2) is 5.13 Å². The van der Waals surface area contributed by atoms with E-state index in [9.17, 15) is 9.59 Å². The molecule has 2 N–H and O–H groups in total. The average Bonchev–Trinajstić information content (AvgIpc) is 3.03. The maximum Gasteiger partial charge on any atom is 0.257 e. The number of halogens is 1. The van der Waals surface area contributed by atoms with Gasteiger partial charge in [0.2, 0.25) is 5.91 Å². The van der Waals surface area contributed by atoms with Crippen LogP contribution in [0.5, 0.6) is 0 Å². The minimum absolute atomic E-state index is 0.184. The number of benzene rings is 2. The van der Waals surface area contributed by atoms with Gasteiger partial charge in [-0.3, -0.25) is 14.9 Å². The molecular weight excluding hydrogens is 402 g/mol. The highest BCUT2D eigenvalue weighted by Crippen LogP contribution is 2.27. The maximum atomic E-state index is 12.4. The molecule has 0 fully saturated rings. The van der Waals surface area contributed by atoms with Gasteiger partial charge in [-0.25, -0.2) is 4.98 Å². The highest BCUT2D eigenvalue weighted by atomic mass is 79.9. The number of anilines is 2. The van der Waals surface area contributed by atoms with Crippen LogP contribution in [0.3, 0.4) is 0 Å². The van der Waals surface area contributed by atoms with Crippen LogP contribution in [0.25, 0.3) is 11.3 Å². The lowest BCUT2D eigenvalue weighted by Crippen LogP contribution is -2.13. The third kappa shape index (κ3) is 4.52. The number of nitrogens with one attached hydrogen (secondary N) is 2. The number of aromatic nitrogens is 1. The minimum atomic E-state index is -0.276. The molecule has 3 aromatic rings. The van der Waals surface area contributed by atoms with Crippen LogP contribution < -0.4 is 10.6 Å². The Kier molecular flexibility index (Phi) is 5.25. The second kappa shape index (κ2) is 7.58.